The third-order valence-corrected chi connectivity index (χ3v) is 5.52. The monoisotopic (exact) mass is 469 g/mol. The average molecular weight is 470 g/mol. The Balaban J connectivity index is 1.42. The van der Waals surface area contributed by atoms with E-state index in [1.807, 2.05) is 42.5 Å². The zero-order chi connectivity index (χ0) is 20.2. The van der Waals surface area contributed by atoms with Crippen molar-refractivity contribution in [2.24, 2.45) is 0 Å². The summed E-state index contributed by atoms with van der Waals surface area (Å²) in [5.74, 6) is 0.449. The Morgan fingerprint density at radius 3 is 2.48 bits per heavy atom. The van der Waals surface area contributed by atoms with Crippen molar-refractivity contribution in [3.05, 3.63) is 70.9 Å². The number of carbonyl (C=O) groups excluding carboxylic acids is 1. The van der Waals surface area contributed by atoms with E-state index in [1.54, 1.807) is 12.1 Å². The van der Waals surface area contributed by atoms with Crippen molar-refractivity contribution in [2.75, 3.05) is 23.3 Å². The van der Waals surface area contributed by atoms with Gasteiger partial charge in [0.05, 0.1) is 11.4 Å². The molecule has 1 aromatic heterocycles. The summed E-state index contributed by atoms with van der Waals surface area (Å²) in [5.41, 5.74) is 2.87. The number of nitrogens with zero attached hydrogens (tertiary/aromatic N) is 1. The Morgan fingerprint density at radius 1 is 1.00 bits per heavy atom. The Morgan fingerprint density at radius 2 is 1.72 bits per heavy atom. The summed E-state index contributed by atoms with van der Waals surface area (Å²) in [6.07, 6.45) is 2.38. The number of amides is 1. The van der Waals surface area contributed by atoms with Crippen LogP contribution in [0.5, 0.6) is 0 Å². The van der Waals surface area contributed by atoms with Crippen molar-refractivity contribution in [1.29, 1.82) is 0 Å². The van der Waals surface area contributed by atoms with Crippen molar-refractivity contribution in [3.8, 4) is 11.3 Å². The number of nitrogens with one attached hydrogen (secondary N) is 2. The normalized spacial score (nSPS) is 13.3. The van der Waals surface area contributed by atoms with Gasteiger partial charge in [-0.1, -0.05) is 40.2 Å². The maximum atomic E-state index is 12.5. The molecule has 0 unspecified atom stereocenters. The second-order valence-electron chi connectivity index (χ2n) is 6.79. The van der Waals surface area contributed by atoms with Gasteiger partial charge in [0.2, 0.25) is 0 Å². The van der Waals surface area contributed by atoms with Crippen LogP contribution in [0.2, 0.25) is 0 Å². The number of para-hydroxylation sites is 2. The molecule has 0 aliphatic carbocycles. The molecule has 1 saturated heterocycles. The van der Waals surface area contributed by atoms with Gasteiger partial charge in [-0.2, -0.15) is 0 Å². The molecule has 29 heavy (non-hydrogen) atoms. The topological polar surface area (TPSA) is 57.5 Å². The number of thiocarbonyl (C=S) groups is 1. The lowest BCUT2D eigenvalue weighted by Crippen LogP contribution is -2.34. The fourth-order valence-electron chi connectivity index (χ4n) is 3.36. The summed E-state index contributed by atoms with van der Waals surface area (Å²) >= 11 is 8.76. The van der Waals surface area contributed by atoms with Crippen molar-refractivity contribution in [3.63, 3.8) is 0 Å². The average Bonchev–Trinajstić information content (AvgIpc) is 3.41. The van der Waals surface area contributed by atoms with E-state index in [9.17, 15) is 4.79 Å². The van der Waals surface area contributed by atoms with Gasteiger partial charge in [-0.15, -0.1) is 0 Å². The number of benzene rings is 2. The molecule has 2 heterocycles. The molecular weight excluding hydrogens is 450 g/mol. The van der Waals surface area contributed by atoms with Crippen LogP contribution < -0.4 is 15.5 Å². The highest BCUT2D eigenvalue weighted by Crippen LogP contribution is 2.28. The van der Waals surface area contributed by atoms with Gasteiger partial charge < -0.3 is 14.6 Å². The Kier molecular flexibility index (Phi) is 5.97. The fraction of sp³-hybridized carbons (Fsp3) is 0.182. The number of halogens is 1. The molecule has 0 atom stereocenters. The number of carbonyl (C=O) groups is 1. The van der Waals surface area contributed by atoms with E-state index in [4.69, 9.17) is 16.6 Å². The Bertz CT molecular complexity index is 1030. The van der Waals surface area contributed by atoms with Gasteiger partial charge in [-0.25, -0.2) is 0 Å². The third-order valence-electron chi connectivity index (χ3n) is 4.78. The number of hydrogen-bond acceptors (Lipinski definition) is 4. The second-order valence-corrected chi connectivity index (χ2v) is 8.11. The quantitative estimate of drug-likeness (QED) is 0.498. The zero-order valence-corrected chi connectivity index (χ0v) is 18.1. The van der Waals surface area contributed by atoms with Gasteiger partial charge in [0.15, 0.2) is 10.9 Å². The van der Waals surface area contributed by atoms with Crippen LogP contribution in [0.25, 0.3) is 11.3 Å². The van der Waals surface area contributed by atoms with Crippen molar-refractivity contribution < 1.29 is 9.21 Å². The predicted octanol–water partition coefficient (Wildman–Crippen LogP) is 5.44. The van der Waals surface area contributed by atoms with Crippen LogP contribution in [0.15, 0.2) is 69.6 Å². The van der Waals surface area contributed by atoms with Gasteiger partial charge >= 0.3 is 0 Å². The number of rotatable bonds is 4. The molecule has 0 bridgehead atoms. The molecule has 148 valence electrons. The molecule has 5 nitrogen and oxygen atoms in total. The highest BCUT2D eigenvalue weighted by atomic mass is 79.9. The van der Waals surface area contributed by atoms with E-state index in [1.165, 1.54) is 12.8 Å². The number of anilines is 2. The zero-order valence-electron chi connectivity index (χ0n) is 15.7. The highest BCUT2D eigenvalue weighted by molar-refractivity contribution is 9.10. The molecule has 2 N–H and O–H groups in total. The molecule has 2 aromatic carbocycles. The first-order valence-electron chi connectivity index (χ1n) is 9.42. The molecule has 0 spiro atoms. The molecule has 4 rings (SSSR count). The molecule has 0 saturated carbocycles. The third kappa shape index (κ3) is 4.68. The van der Waals surface area contributed by atoms with Crippen molar-refractivity contribution in [2.45, 2.75) is 12.8 Å². The maximum Gasteiger partial charge on any atom is 0.293 e. The molecule has 3 aromatic rings. The van der Waals surface area contributed by atoms with E-state index in [0.29, 0.717) is 5.76 Å². The van der Waals surface area contributed by atoms with Gasteiger partial charge in [0, 0.05) is 23.1 Å². The molecule has 1 aliphatic rings. The summed E-state index contributed by atoms with van der Waals surface area (Å²) in [6, 6.07) is 19.1. The van der Waals surface area contributed by atoms with Gasteiger partial charge in [0.25, 0.3) is 5.91 Å². The Hall–Kier alpha value is -2.64. The predicted molar refractivity (Wildman–Crippen MR) is 123 cm³/mol. The van der Waals surface area contributed by atoms with E-state index in [0.717, 1.165) is 34.5 Å². The molecule has 1 amide bonds. The minimum absolute atomic E-state index is 0.208. The summed E-state index contributed by atoms with van der Waals surface area (Å²) in [7, 11) is 0. The fourth-order valence-corrected chi connectivity index (χ4v) is 3.83. The van der Waals surface area contributed by atoms with E-state index in [-0.39, 0.29) is 16.8 Å². The summed E-state index contributed by atoms with van der Waals surface area (Å²) in [5, 5.41) is 6.08. The first kappa shape index (κ1) is 19.7. The minimum atomic E-state index is -0.385. The van der Waals surface area contributed by atoms with Crippen LogP contribution in [0.3, 0.4) is 0 Å². The Labute approximate surface area is 183 Å². The summed E-state index contributed by atoms with van der Waals surface area (Å²) in [4.78, 5) is 14.9. The van der Waals surface area contributed by atoms with Crippen LogP contribution in [-0.2, 0) is 0 Å². The molecule has 0 radical (unpaired) electrons. The largest absolute Gasteiger partial charge is 0.451 e. The van der Waals surface area contributed by atoms with Crippen LogP contribution in [-0.4, -0.2) is 24.1 Å². The minimum Gasteiger partial charge on any atom is -0.451 e. The molecule has 1 fully saturated rings. The highest BCUT2D eigenvalue weighted by Gasteiger charge is 2.17. The standard InChI is InChI=1S/C22H20BrN3O2S/c23-16-9-7-15(8-10-16)19-11-12-20(28-19)21(27)25-22(29)24-17-5-1-2-6-18(17)26-13-3-4-14-26/h1-2,5-12H,3-4,13-14H2,(H2,24,25,27,29). The van der Waals surface area contributed by atoms with Crippen molar-refractivity contribution >= 4 is 50.5 Å². The lowest BCUT2D eigenvalue weighted by atomic mass is 10.2. The lowest BCUT2D eigenvalue weighted by molar-refractivity contribution is 0.0951. The molecular formula is C22H20BrN3O2S. The number of hydrogen-bond donors (Lipinski definition) is 2. The van der Waals surface area contributed by atoms with Crippen LogP contribution in [0, 0.1) is 0 Å². The van der Waals surface area contributed by atoms with E-state index >= 15 is 0 Å². The van der Waals surface area contributed by atoms with E-state index in [2.05, 4.69) is 37.5 Å². The smallest absolute Gasteiger partial charge is 0.293 e. The maximum absolute atomic E-state index is 12.5. The first-order valence-corrected chi connectivity index (χ1v) is 10.6. The summed E-state index contributed by atoms with van der Waals surface area (Å²) in [6.45, 7) is 2.06. The van der Waals surface area contributed by atoms with Crippen LogP contribution in [0.4, 0.5) is 11.4 Å². The van der Waals surface area contributed by atoms with Gasteiger partial charge in [-0.3, -0.25) is 10.1 Å². The molecule has 7 heteroatoms. The SMILES string of the molecule is O=C(NC(=S)Nc1ccccc1N1CCCC1)c1ccc(-c2ccc(Br)cc2)o1. The van der Waals surface area contributed by atoms with E-state index < -0.39 is 0 Å². The number of furan rings is 1. The first-order chi connectivity index (χ1) is 14.1. The van der Waals surface area contributed by atoms with Gasteiger partial charge in [-0.05, 0) is 61.5 Å². The lowest BCUT2D eigenvalue weighted by Gasteiger charge is -2.22. The second kappa shape index (κ2) is 8.80. The molecule has 1 aliphatic heterocycles. The van der Waals surface area contributed by atoms with Crippen LogP contribution >= 0.6 is 28.1 Å². The van der Waals surface area contributed by atoms with Gasteiger partial charge in [0.1, 0.15) is 5.76 Å². The summed E-state index contributed by atoms with van der Waals surface area (Å²) < 4.78 is 6.69. The van der Waals surface area contributed by atoms with Crippen molar-refractivity contribution in [1.82, 2.24) is 5.32 Å². The van der Waals surface area contributed by atoms with Crippen LogP contribution in [0.1, 0.15) is 23.4 Å².